The molecule has 3 aromatic rings. The zero-order valence-corrected chi connectivity index (χ0v) is 21.2. The van der Waals surface area contributed by atoms with Crippen LogP contribution in [0.4, 0.5) is 0 Å². The summed E-state index contributed by atoms with van der Waals surface area (Å²) in [4.78, 5) is 0. The molecule has 0 radical (unpaired) electrons. The van der Waals surface area contributed by atoms with Crippen LogP contribution in [-0.4, -0.2) is 52.4 Å². The van der Waals surface area contributed by atoms with E-state index in [0.29, 0.717) is 55.3 Å². The molecule has 182 valence electrons. The standard InChI is InChI=1S/C24H34NO7P/c1-7-31-33(26,32-8-2)12-10-9-11-25-19-15-23(29-5)21(27-3)13-17(19)18-14-22(28-4)24(30-6)16-20(18)25/h13-16H,7-12H2,1-6H3. The van der Waals surface area contributed by atoms with Crippen molar-refractivity contribution < 1.29 is 32.6 Å². The summed E-state index contributed by atoms with van der Waals surface area (Å²) in [5.41, 5.74) is 2.02. The van der Waals surface area contributed by atoms with Crippen LogP contribution in [0.2, 0.25) is 0 Å². The fourth-order valence-corrected chi connectivity index (χ4v) is 5.85. The third-order valence-electron chi connectivity index (χ3n) is 5.59. The lowest BCUT2D eigenvalue weighted by atomic mass is 10.1. The number of methoxy groups -OCH3 is 4. The number of benzene rings is 2. The third kappa shape index (κ3) is 5.24. The van der Waals surface area contributed by atoms with E-state index in [4.69, 9.17) is 28.0 Å². The van der Waals surface area contributed by atoms with Crippen molar-refractivity contribution in [1.82, 2.24) is 4.57 Å². The molecule has 0 spiro atoms. The van der Waals surface area contributed by atoms with Gasteiger partial charge in [-0.2, -0.15) is 0 Å². The molecule has 0 saturated carbocycles. The van der Waals surface area contributed by atoms with Crippen molar-refractivity contribution in [3.63, 3.8) is 0 Å². The Morgan fingerprint density at radius 3 is 1.52 bits per heavy atom. The van der Waals surface area contributed by atoms with Crippen LogP contribution in [0.3, 0.4) is 0 Å². The van der Waals surface area contributed by atoms with Gasteiger partial charge in [0.05, 0.1) is 58.8 Å². The molecule has 0 amide bonds. The summed E-state index contributed by atoms with van der Waals surface area (Å²) in [5, 5.41) is 2.05. The molecule has 0 atom stereocenters. The van der Waals surface area contributed by atoms with Crippen molar-refractivity contribution in [2.24, 2.45) is 0 Å². The van der Waals surface area contributed by atoms with Gasteiger partial charge in [0.2, 0.25) is 0 Å². The van der Waals surface area contributed by atoms with Crippen molar-refractivity contribution in [1.29, 1.82) is 0 Å². The first-order chi connectivity index (χ1) is 15.9. The van der Waals surface area contributed by atoms with Gasteiger partial charge in [0, 0.05) is 29.4 Å². The number of fused-ring (bicyclic) bond motifs is 3. The predicted octanol–water partition coefficient (Wildman–Crippen LogP) is 5.88. The van der Waals surface area contributed by atoms with Crippen LogP contribution < -0.4 is 18.9 Å². The average Bonchev–Trinajstić information content (AvgIpc) is 3.11. The Labute approximate surface area is 195 Å². The molecule has 0 saturated heterocycles. The highest BCUT2D eigenvalue weighted by Gasteiger charge is 2.23. The SMILES string of the molecule is CCOP(=O)(CCCCn1c2cc(OC)c(OC)cc2c2cc(OC)c(OC)cc21)OCC. The second-order valence-electron chi connectivity index (χ2n) is 7.48. The average molecular weight is 480 g/mol. The molecular formula is C24H34NO7P. The molecule has 8 nitrogen and oxygen atoms in total. The lowest BCUT2D eigenvalue weighted by Crippen LogP contribution is -2.03. The molecule has 0 aliphatic rings. The van der Waals surface area contributed by atoms with Gasteiger partial charge >= 0.3 is 7.60 Å². The Hall–Kier alpha value is -2.41. The molecule has 33 heavy (non-hydrogen) atoms. The fraction of sp³-hybridized carbons (Fsp3) is 0.500. The van der Waals surface area contributed by atoms with E-state index in [2.05, 4.69) is 4.57 Å². The summed E-state index contributed by atoms with van der Waals surface area (Å²) < 4.78 is 48.0. The second kappa shape index (κ2) is 11.1. The number of rotatable bonds is 13. The zero-order chi connectivity index (χ0) is 24.0. The number of unbranched alkanes of at least 4 members (excludes halogenated alkanes) is 1. The van der Waals surface area contributed by atoms with Crippen LogP contribution in [0.5, 0.6) is 23.0 Å². The van der Waals surface area contributed by atoms with Crippen LogP contribution in [0.25, 0.3) is 21.8 Å². The van der Waals surface area contributed by atoms with E-state index >= 15 is 0 Å². The van der Waals surface area contributed by atoms with Crippen LogP contribution in [0.1, 0.15) is 26.7 Å². The first-order valence-electron chi connectivity index (χ1n) is 11.1. The smallest absolute Gasteiger partial charge is 0.330 e. The minimum atomic E-state index is -3.05. The van der Waals surface area contributed by atoms with Gasteiger partial charge in [0.25, 0.3) is 0 Å². The molecule has 0 N–H and O–H groups in total. The number of aryl methyl sites for hydroxylation is 1. The van der Waals surface area contributed by atoms with Crippen molar-refractivity contribution in [3.05, 3.63) is 24.3 Å². The molecule has 9 heteroatoms. The quantitative estimate of drug-likeness (QED) is 0.224. The van der Waals surface area contributed by atoms with Gasteiger partial charge < -0.3 is 32.6 Å². The van der Waals surface area contributed by atoms with Crippen LogP contribution in [-0.2, 0) is 20.2 Å². The zero-order valence-electron chi connectivity index (χ0n) is 20.3. The lowest BCUT2D eigenvalue weighted by molar-refractivity contribution is 0.219. The summed E-state index contributed by atoms with van der Waals surface area (Å²) in [6.07, 6.45) is 1.89. The number of ether oxygens (including phenoxy) is 4. The molecule has 0 bridgehead atoms. The van der Waals surface area contributed by atoms with Crippen molar-refractivity contribution in [3.8, 4) is 23.0 Å². The molecule has 3 rings (SSSR count). The fourth-order valence-electron chi connectivity index (χ4n) is 4.12. The van der Waals surface area contributed by atoms with Gasteiger partial charge in [-0.1, -0.05) is 0 Å². The Bertz CT molecular complexity index is 1060. The molecular weight excluding hydrogens is 445 g/mol. The molecule has 0 unspecified atom stereocenters. The summed E-state index contributed by atoms with van der Waals surface area (Å²) >= 11 is 0. The largest absolute Gasteiger partial charge is 0.493 e. The highest BCUT2D eigenvalue weighted by atomic mass is 31.2. The van der Waals surface area contributed by atoms with E-state index in [-0.39, 0.29) is 0 Å². The van der Waals surface area contributed by atoms with Gasteiger partial charge in [-0.15, -0.1) is 0 Å². The first kappa shape index (κ1) is 25.2. The highest BCUT2D eigenvalue weighted by Crippen LogP contribution is 2.49. The van der Waals surface area contributed by atoms with Gasteiger partial charge in [0.15, 0.2) is 23.0 Å². The summed E-state index contributed by atoms with van der Waals surface area (Å²) in [6, 6.07) is 7.94. The van der Waals surface area contributed by atoms with Gasteiger partial charge in [-0.25, -0.2) is 0 Å². The molecule has 1 aromatic heterocycles. The van der Waals surface area contributed by atoms with Gasteiger partial charge in [-0.05, 0) is 38.8 Å². The van der Waals surface area contributed by atoms with Crippen LogP contribution in [0, 0.1) is 0 Å². The van der Waals surface area contributed by atoms with Crippen LogP contribution in [0.15, 0.2) is 24.3 Å². The van der Waals surface area contributed by atoms with E-state index in [9.17, 15) is 4.57 Å². The monoisotopic (exact) mass is 479 g/mol. The maximum atomic E-state index is 12.8. The molecule has 0 aliphatic carbocycles. The Balaban J connectivity index is 2.02. The van der Waals surface area contributed by atoms with Crippen molar-refractivity contribution in [2.75, 3.05) is 47.8 Å². The molecule has 1 heterocycles. The normalized spacial score (nSPS) is 11.8. The maximum Gasteiger partial charge on any atom is 0.330 e. The minimum absolute atomic E-state index is 0.368. The second-order valence-corrected chi connectivity index (χ2v) is 9.66. The first-order valence-corrected chi connectivity index (χ1v) is 12.9. The topological polar surface area (TPSA) is 77.4 Å². The third-order valence-corrected chi connectivity index (χ3v) is 7.76. The van der Waals surface area contributed by atoms with E-state index in [1.54, 1.807) is 28.4 Å². The van der Waals surface area contributed by atoms with Gasteiger partial charge in [0.1, 0.15) is 0 Å². The van der Waals surface area contributed by atoms with Crippen LogP contribution >= 0.6 is 7.60 Å². The van der Waals surface area contributed by atoms with Gasteiger partial charge in [-0.3, -0.25) is 4.57 Å². The summed E-state index contributed by atoms with van der Waals surface area (Å²) in [7, 11) is 3.46. The maximum absolute atomic E-state index is 12.8. The minimum Gasteiger partial charge on any atom is -0.493 e. The van der Waals surface area contributed by atoms with E-state index < -0.39 is 7.60 Å². The molecule has 2 aromatic carbocycles. The number of hydrogen-bond acceptors (Lipinski definition) is 7. The Morgan fingerprint density at radius 2 is 1.12 bits per heavy atom. The lowest BCUT2D eigenvalue weighted by Gasteiger charge is -2.17. The number of nitrogens with zero attached hydrogens (tertiary/aromatic N) is 1. The van der Waals surface area contributed by atoms with E-state index in [0.717, 1.165) is 28.2 Å². The summed E-state index contributed by atoms with van der Waals surface area (Å²) in [6.45, 7) is 5.10. The van der Waals surface area contributed by atoms with Crippen molar-refractivity contribution in [2.45, 2.75) is 33.2 Å². The summed E-state index contributed by atoms with van der Waals surface area (Å²) in [5.74, 6) is 2.64. The van der Waals surface area contributed by atoms with Crippen molar-refractivity contribution >= 4 is 29.4 Å². The number of hydrogen-bond donors (Lipinski definition) is 0. The van der Waals surface area contributed by atoms with E-state index in [1.807, 2.05) is 38.1 Å². The number of aromatic nitrogens is 1. The predicted molar refractivity (Wildman–Crippen MR) is 131 cm³/mol. The highest BCUT2D eigenvalue weighted by molar-refractivity contribution is 7.53. The van der Waals surface area contributed by atoms with E-state index in [1.165, 1.54) is 0 Å². The Kier molecular flexibility index (Phi) is 8.51. The molecule has 0 fully saturated rings. The molecule has 0 aliphatic heterocycles. The Morgan fingerprint density at radius 1 is 0.697 bits per heavy atom.